The Hall–Kier alpha value is -2.99. The molecular formula is C24H22Cl2N4O3S. The van der Waals surface area contributed by atoms with Crippen LogP contribution in [0.25, 0.3) is 4.85 Å². The number of benzene rings is 2. The predicted octanol–water partition coefficient (Wildman–Crippen LogP) is 5.23. The van der Waals surface area contributed by atoms with Gasteiger partial charge in [0, 0.05) is 35.0 Å². The fourth-order valence-corrected chi connectivity index (χ4v) is 4.70. The van der Waals surface area contributed by atoms with E-state index in [1.54, 1.807) is 49.1 Å². The lowest BCUT2D eigenvalue weighted by Gasteiger charge is -2.30. The van der Waals surface area contributed by atoms with Gasteiger partial charge in [-0.15, -0.1) is 0 Å². The van der Waals surface area contributed by atoms with Gasteiger partial charge in [-0.25, -0.2) is 4.85 Å². The molecule has 7 nitrogen and oxygen atoms in total. The maximum atomic E-state index is 13.4. The van der Waals surface area contributed by atoms with Gasteiger partial charge in [0.25, 0.3) is 5.91 Å². The van der Waals surface area contributed by atoms with Crippen LogP contribution in [-0.2, 0) is 20.8 Å². The monoisotopic (exact) mass is 516 g/mol. The van der Waals surface area contributed by atoms with Crippen LogP contribution in [0.3, 0.4) is 0 Å². The van der Waals surface area contributed by atoms with E-state index in [-0.39, 0.29) is 46.8 Å². The molecule has 2 aromatic carbocycles. The number of hydrogen-bond donors (Lipinski definition) is 1. The van der Waals surface area contributed by atoms with E-state index in [0.717, 1.165) is 0 Å². The summed E-state index contributed by atoms with van der Waals surface area (Å²) in [6, 6.07) is 9.85. The number of primary amides is 1. The fourth-order valence-electron chi connectivity index (χ4n) is 3.78. The van der Waals surface area contributed by atoms with Gasteiger partial charge in [-0.2, -0.15) is 0 Å². The second-order valence-electron chi connectivity index (χ2n) is 8.38. The molecule has 0 atom stereocenters. The van der Waals surface area contributed by atoms with Crippen molar-refractivity contribution >= 4 is 75.2 Å². The van der Waals surface area contributed by atoms with Gasteiger partial charge in [0.15, 0.2) is 5.11 Å². The standard InChI is InChI=1S/C24H22Cl2N4O3S/c1-24(2)22(33)29(15-8-10-20(28-3)19(26)13-15)23(34)30(24)16-7-9-18(25)14(11-16)12-17(31)5-4-6-21(27)32/h7-11,13H,4-6,12H2,1-2H3,(H2,27,32). The van der Waals surface area contributed by atoms with E-state index < -0.39 is 11.4 Å². The van der Waals surface area contributed by atoms with Crippen molar-refractivity contribution in [1.29, 1.82) is 0 Å². The Morgan fingerprint density at radius 1 is 1.09 bits per heavy atom. The molecule has 34 heavy (non-hydrogen) atoms. The Kier molecular flexibility index (Phi) is 7.61. The van der Waals surface area contributed by atoms with E-state index in [1.807, 2.05) is 0 Å². The first-order valence-electron chi connectivity index (χ1n) is 10.4. The van der Waals surface area contributed by atoms with E-state index in [1.165, 1.54) is 11.0 Å². The predicted molar refractivity (Wildman–Crippen MR) is 138 cm³/mol. The lowest BCUT2D eigenvalue weighted by molar-refractivity contribution is -0.121. The van der Waals surface area contributed by atoms with Crippen molar-refractivity contribution in [3.05, 3.63) is 63.4 Å². The summed E-state index contributed by atoms with van der Waals surface area (Å²) in [5.41, 5.74) is 6.05. The number of nitrogens with zero attached hydrogens (tertiary/aromatic N) is 3. The minimum Gasteiger partial charge on any atom is -0.370 e. The molecule has 3 rings (SSSR count). The Morgan fingerprint density at radius 2 is 1.76 bits per heavy atom. The van der Waals surface area contributed by atoms with Gasteiger partial charge in [-0.1, -0.05) is 29.3 Å². The van der Waals surface area contributed by atoms with Crippen molar-refractivity contribution in [2.75, 3.05) is 9.80 Å². The van der Waals surface area contributed by atoms with Crippen molar-refractivity contribution in [3.63, 3.8) is 0 Å². The first-order chi connectivity index (χ1) is 16.0. The van der Waals surface area contributed by atoms with E-state index in [9.17, 15) is 14.4 Å². The molecule has 10 heteroatoms. The summed E-state index contributed by atoms with van der Waals surface area (Å²) < 4.78 is 0. The summed E-state index contributed by atoms with van der Waals surface area (Å²) in [7, 11) is 0. The highest BCUT2D eigenvalue weighted by Crippen LogP contribution is 2.39. The number of carbonyl (C=O) groups excluding carboxylic acids is 3. The summed E-state index contributed by atoms with van der Waals surface area (Å²) in [5, 5.41) is 0.880. The van der Waals surface area contributed by atoms with E-state index in [4.69, 9.17) is 47.7 Å². The number of nitrogens with two attached hydrogens (primary N) is 1. The van der Waals surface area contributed by atoms with Gasteiger partial charge in [-0.3, -0.25) is 19.3 Å². The third kappa shape index (κ3) is 5.07. The summed E-state index contributed by atoms with van der Waals surface area (Å²) in [4.78, 5) is 43.1. The van der Waals surface area contributed by atoms with Gasteiger partial charge in [0.1, 0.15) is 11.3 Å². The summed E-state index contributed by atoms with van der Waals surface area (Å²) in [5.74, 6) is -0.782. The third-order valence-electron chi connectivity index (χ3n) is 5.53. The van der Waals surface area contributed by atoms with Crippen LogP contribution >= 0.6 is 35.4 Å². The highest BCUT2D eigenvalue weighted by molar-refractivity contribution is 7.81. The van der Waals surface area contributed by atoms with Crippen molar-refractivity contribution in [3.8, 4) is 0 Å². The molecule has 176 valence electrons. The molecule has 0 bridgehead atoms. The van der Waals surface area contributed by atoms with Gasteiger partial charge < -0.3 is 10.6 Å². The number of rotatable bonds is 8. The number of hydrogen-bond acceptors (Lipinski definition) is 4. The van der Waals surface area contributed by atoms with E-state index >= 15 is 0 Å². The highest BCUT2D eigenvalue weighted by Gasteiger charge is 2.50. The van der Waals surface area contributed by atoms with Crippen LogP contribution in [0.1, 0.15) is 38.7 Å². The summed E-state index contributed by atoms with van der Waals surface area (Å²) in [6.45, 7) is 10.7. The number of anilines is 2. The maximum Gasteiger partial charge on any atom is 0.259 e. The average molecular weight is 517 g/mol. The second-order valence-corrected chi connectivity index (χ2v) is 9.56. The Balaban J connectivity index is 1.91. The largest absolute Gasteiger partial charge is 0.370 e. The molecule has 2 aromatic rings. The summed E-state index contributed by atoms with van der Waals surface area (Å²) >= 11 is 18.2. The molecule has 0 saturated carbocycles. The number of thiocarbonyl (C=S) groups is 1. The number of ketones is 1. The van der Waals surface area contributed by atoms with Crippen LogP contribution in [0.15, 0.2) is 36.4 Å². The second kappa shape index (κ2) is 10.1. The van der Waals surface area contributed by atoms with Gasteiger partial charge in [0.2, 0.25) is 11.6 Å². The number of amides is 2. The van der Waals surface area contributed by atoms with Crippen LogP contribution in [0, 0.1) is 6.57 Å². The Labute approximate surface area is 213 Å². The van der Waals surface area contributed by atoms with Gasteiger partial charge in [0.05, 0.1) is 12.3 Å². The first kappa shape index (κ1) is 25.6. The molecule has 0 spiro atoms. The van der Waals surface area contributed by atoms with Gasteiger partial charge >= 0.3 is 0 Å². The highest BCUT2D eigenvalue weighted by atomic mass is 35.5. The van der Waals surface area contributed by atoms with E-state index in [0.29, 0.717) is 28.4 Å². The zero-order chi connectivity index (χ0) is 25.2. The molecule has 0 unspecified atom stereocenters. The lowest BCUT2D eigenvalue weighted by Crippen LogP contribution is -2.44. The normalized spacial score (nSPS) is 14.9. The molecule has 1 heterocycles. The molecule has 1 aliphatic rings. The molecular weight excluding hydrogens is 495 g/mol. The molecule has 0 aliphatic carbocycles. The molecule has 0 aromatic heterocycles. The smallest absolute Gasteiger partial charge is 0.259 e. The number of halogens is 2. The van der Waals surface area contributed by atoms with Crippen molar-refractivity contribution in [2.45, 2.75) is 45.1 Å². The molecule has 2 N–H and O–H groups in total. The van der Waals surface area contributed by atoms with E-state index in [2.05, 4.69) is 4.85 Å². The topological polar surface area (TPSA) is 88.1 Å². The Bertz CT molecular complexity index is 1240. The zero-order valence-corrected chi connectivity index (χ0v) is 20.9. The fraction of sp³-hybridized carbons (Fsp3) is 0.292. The van der Waals surface area contributed by atoms with Crippen LogP contribution in [0.4, 0.5) is 17.1 Å². The van der Waals surface area contributed by atoms with Crippen molar-refractivity contribution in [2.24, 2.45) is 5.73 Å². The Morgan fingerprint density at radius 3 is 2.38 bits per heavy atom. The third-order valence-corrected chi connectivity index (χ3v) is 6.57. The van der Waals surface area contributed by atoms with Crippen LogP contribution in [0.5, 0.6) is 0 Å². The lowest BCUT2D eigenvalue weighted by atomic mass is 10.0. The molecule has 2 amide bonds. The number of Topliss-reactive ketones (excluding diaryl/α,β-unsaturated/α-hetero) is 1. The van der Waals surface area contributed by atoms with Crippen LogP contribution in [-0.4, -0.2) is 28.2 Å². The molecule has 1 fully saturated rings. The molecule has 1 aliphatic heterocycles. The maximum absolute atomic E-state index is 13.4. The average Bonchev–Trinajstić information content (AvgIpc) is 2.93. The SMILES string of the molecule is [C-]#[N+]c1ccc(N2C(=O)C(C)(C)N(c3ccc(Cl)c(CC(=O)CCCC(N)=O)c3)C2=S)cc1Cl. The minimum atomic E-state index is -1.03. The van der Waals surface area contributed by atoms with Crippen LogP contribution in [0.2, 0.25) is 10.0 Å². The van der Waals surface area contributed by atoms with Gasteiger partial charge in [-0.05, 0) is 68.4 Å². The van der Waals surface area contributed by atoms with Crippen molar-refractivity contribution in [1.82, 2.24) is 0 Å². The molecule has 0 radical (unpaired) electrons. The zero-order valence-electron chi connectivity index (χ0n) is 18.6. The first-order valence-corrected chi connectivity index (χ1v) is 11.6. The van der Waals surface area contributed by atoms with Crippen molar-refractivity contribution < 1.29 is 14.4 Å². The molecule has 1 saturated heterocycles. The quantitative estimate of drug-likeness (QED) is 0.383. The number of carbonyl (C=O) groups is 3. The van der Waals surface area contributed by atoms with Crippen LogP contribution < -0.4 is 15.5 Å². The minimum absolute atomic E-state index is 0.0733. The summed E-state index contributed by atoms with van der Waals surface area (Å²) in [6.07, 6.45) is 0.824.